The van der Waals surface area contributed by atoms with Crippen molar-refractivity contribution in [3.63, 3.8) is 0 Å². The Labute approximate surface area is 336 Å². The molecule has 1 heteroatoms. The molecule has 0 aliphatic carbocycles. The second-order valence-electron chi connectivity index (χ2n) is 14.8. The van der Waals surface area contributed by atoms with Crippen molar-refractivity contribution in [1.29, 1.82) is 0 Å². The maximum atomic E-state index is 2.39. The molecule has 0 radical (unpaired) electrons. The zero-order valence-electron chi connectivity index (χ0n) is 31.2. The Kier molecular flexibility index (Phi) is 8.12. The third kappa shape index (κ3) is 5.84. The van der Waals surface area contributed by atoms with E-state index in [0.717, 1.165) is 0 Å². The molecule has 0 amide bonds. The van der Waals surface area contributed by atoms with Crippen LogP contribution in [0.5, 0.6) is 0 Å². The Bertz CT molecular complexity index is 3210. The molecule has 0 aliphatic heterocycles. The molecule has 1 heterocycles. The van der Waals surface area contributed by atoms with Gasteiger partial charge >= 0.3 is 0 Å². The molecule has 0 N–H and O–H groups in total. The van der Waals surface area contributed by atoms with Gasteiger partial charge in [-0.15, -0.1) is 11.3 Å². The van der Waals surface area contributed by atoms with Crippen LogP contribution in [0.1, 0.15) is 0 Å². The average Bonchev–Trinajstić information content (AvgIpc) is 3.68. The van der Waals surface area contributed by atoms with Gasteiger partial charge in [0.05, 0.1) is 0 Å². The first-order chi connectivity index (χ1) is 28.3. The number of benzene rings is 10. The van der Waals surface area contributed by atoms with Crippen molar-refractivity contribution in [2.24, 2.45) is 0 Å². The highest BCUT2D eigenvalue weighted by molar-refractivity contribution is 7.23. The molecular weight excluding hydrogens is 705 g/mol. The molecule has 0 saturated heterocycles. The first kappa shape index (κ1) is 33.3. The van der Waals surface area contributed by atoms with Gasteiger partial charge in [0.25, 0.3) is 0 Å². The van der Waals surface area contributed by atoms with E-state index in [1.54, 1.807) is 0 Å². The molecule has 0 spiro atoms. The van der Waals surface area contributed by atoms with Gasteiger partial charge in [-0.2, -0.15) is 0 Å². The minimum atomic E-state index is 1.21. The predicted molar refractivity (Wildman–Crippen MR) is 247 cm³/mol. The van der Waals surface area contributed by atoms with Crippen molar-refractivity contribution in [3.8, 4) is 66.1 Å². The molecule has 0 nitrogen and oxygen atoms in total. The molecule has 0 fully saturated rings. The highest BCUT2D eigenvalue weighted by Crippen LogP contribution is 2.47. The molecule has 11 rings (SSSR count). The summed E-state index contributed by atoms with van der Waals surface area (Å²) in [6.07, 6.45) is 0. The minimum Gasteiger partial charge on any atom is -0.135 e. The third-order valence-corrected chi connectivity index (χ3v) is 12.7. The SMILES string of the molecule is c1ccc(-c2sc3cc(-c4cccc(-c5c6ccccc6c(-c6ccc(-c7ccc8ccccc8c7)cc6)c6ccccc56)c4)ccc3c2-c2ccccc2)cc1. The Morgan fingerprint density at radius 3 is 1.37 bits per heavy atom. The smallest absolute Gasteiger partial charge is 0.0433 e. The monoisotopic (exact) mass is 740 g/mol. The summed E-state index contributed by atoms with van der Waals surface area (Å²) in [4.78, 5) is 1.31. The van der Waals surface area contributed by atoms with Crippen molar-refractivity contribution in [2.75, 3.05) is 0 Å². The Hall–Kier alpha value is -7.06. The van der Waals surface area contributed by atoms with E-state index in [1.807, 2.05) is 11.3 Å². The molecule has 10 aromatic carbocycles. The van der Waals surface area contributed by atoms with Gasteiger partial charge in [0.1, 0.15) is 0 Å². The molecule has 57 heavy (non-hydrogen) atoms. The van der Waals surface area contributed by atoms with Gasteiger partial charge in [-0.1, -0.05) is 200 Å². The Morgan fingerprint density at radius 2 is 0.684 bits per heavy atom. The molecule has 11 aromatic rings. The second kappa shape index (κ2) is 13.9. The van der Waals surface area contributed by atoms with E-state index < -0.39 is 0 Å². The summed E-state index contributed by atoms with van der Waals surface area (Å²) in [6.45, 7) is 0. The van der Waals surface area contributed by atoms with E-state index in [9.17, 15) is 0 Å². The van der Waals surface area contributed by atoms with Crippen LogP contribution in [0.4, 0.5) is 0 Å². The highest BCUT2D eigenvalue weighted by Gasteiger charge is 2.19. The van der Waals surface area contributed by atoms with Gasteiger partial charge < -0.3 is 0 Å². The van der Waals surface area contributed by atoms with E-state index in [1.165, 1.54) is 108 Å². The summed E-state index contributed by atoms with van der Waals surface area (Å²) < 4.78 is 1.29. The minimum absolute atomic E-state index is 1.21. The number of rotatable bonds is 6. The quantitative estimate of drug-likeness (QED) is 0.149. The first-order valence-corrected chi connectivity index (χ1v) is 20.4. The standard InChI is InChI=1S/C56H36S/c1-3-15-39(16-4-1)55-51-33-32-45(36-52(51)57-56(55)41-17-5-2-6-18-41)43-20-13-21-46(35-43)54-49-24-11-9-22-47(49)53(48-23-10-12-25-50(48)54)40-29-26-38(27-30-40)44-31-28-37-14-7-8-19-42(37)34-44/h1-36H. The van der Waals surface area contributed by atoms with Crippen molar-refractivity contribution in [3.05, 3.63) is 218 Å². The van der Waals surface area contributed by atoms with Crippen LogP contribution in [0.15, 0.2) is 218 Å². The van der Waals surface area contributed by atoms with Gasteiger partial charge in [0.2, 0.25) is 0 Å². The Balaban J connectivity index is 1.03. The lowest BCUT2D eigenvalue weighted by atomic mass is 9.85. The summed E-state index contributed by atoms with van der Waals surface area (Å²) >= 11 is 1.88. The lowest BCUT2D eigenvalue weighted by molar-refractivity contribution is 1.62. The predicted octanol–water partition coefficient (Wildman–Crippen LogP) is 16.4. The van der Waals surface area contributed by atoms with Crippen LogP contribution in [0.2, 0.25) is 0 Å². The third-order valence-electron chi connectivity index (χ3n) is 11.5. The highest BCUT2D eigenvalue weighted by atomic mass is 32.1. The number of thiophene rings is 1. The van der Waals surface area contributed by atoms with Crippen LogP contribution < -0.4 is 0 Å². The topological polar surface area (TPSA) is 0 Å². The van der Waals surface area contributed by atoms with Crippen LogP contribution in [-0.2, 0) is 0 Å². The summed E-state index contributed by atoms with van der Waals surface area (Å²) in [5.74, 6) is 0. The van der Waals surface area contributed by atoms with Gasteiger partial charge in [-0.3, -0.25) is 0 Å². The summed E-state index contributed by atoms with van der Waals surface area (Å²) in [5, 5.41) is 8.86. The van der Waals surface area contributed by atoms with Crippen molar-refractivity contribution < 1.29 is 0 Å². The molecule has 266 valence electrons. The van der Waals surface area contributed by atoms with Crippen molar-refractivity contribution >= 4 is 53.7 Å². The van der Waals surface area contributed by atoms with E-state index >= 15 is 0 Å². The number of hydrogen-bond donors (Lipinski definition) is 0. The molecule has 0 bridgehead atoms. The molecule has 1 aromatic heterocycles. The van der Waals surface area contributed by atoms with Gasteiger partial charge in [-0.05, 0) is 106 Å². The number of hydrogen-bond acceptors (Lipinski definition) is 1. The fraction of sp³-hybridized carbons (Fsp3) is 0. The van der Waals surface area contributed by atoms with E-state index in [4.69, 9.17) is 0 Å². The van der Waals surface area contributed by atoms with E-state index in [-0.39, 0.29) is 0 Å². The van der Waals surface area contributed by atoms with Crippen LogP contribution >= 0.6 is 11.3 Å². The first-order valence-electron chi connectivity index (χ1n) is 19.6. The maximum Gasteiger partial charge on any atom is 0.0433 e. The zero-order chi connectivity index (χ0) is 37.7. The fourth-order valence-electron chi connectivity index (χ4n) is 8.76. The van der Waals surface area contributed by atoms with E-state index in [0.29, 0.717) is 0 Å². The van der Waals surface area contributed by atoms with Crippen LogP contribution in [-0.4, -0.2) is 0 Å². The van der Waals surface area contributed by atoms with Gasteiger partial charge in [-0.25, -0.2) is 0 Å². The van der Waals surface area contributed by atoms with Crippen LogP contribution in [0.25, 0.3) is 108 Å². The van der Waals surface area contributed by atoms with Crippen molar-refractivity contribution in [2.45, 2.75) is 0 Å². The summed E-state index contributed by atoms with van der Waals surface area (Å²) in [7, 11) is 0. The normalized spacial score (nSPS) is 11.5. The average molecular weight is 741 g/mol. The molecule has 0 aliphatic rings. The molecule has 0 unspecified atom stereocenters. The molecular formula is C56H36S. The summed E-state index contributed by atoms with van der Waals surface area (Å²) in [5.41, 5.74) is 13.7. The van der Waals surface area contributed by atoms with Crippen molar-refractivity contribution in [1.82, 2.24) is 0 Å². The second-order valence-corrected chi connectivity index (χ2v) is 15.9. The van der Waals surface area contributed by atoms with E-state index in [2.05, 4.69) is 218 Å². The largest absolute Gasteiger partial charge is 0.135 e. The lowest BCUT2D eigenvalue weighted by Gasteiger charge is -2.18. The maximum absolute atomic E-state index is 2.39. The Morgan fingerprint density at radius 1 is 0.228 bits per heavy atom. The molecule has 0 saturated carbocycles. The van der Waals surface area contributed by atoms with Gasteiger partial charge in [0, 0.05) is 20.5 Å². The van der Waals surface area contributed by atoms with Crippen LogP contribution in [0, 0.1) is 0 Å². The zero-order valence-corrected chi connectivity index (χ0v) is 32.0. The lowest BCUT2D eigenvalue weighted by Crippen LogP contribution is -1.91. The number of fused-ring (bicyclic) bond motifs is 4. The van der Waals surface area contributed by atoms with Gasteiger partial charge in [0.15, 0.2) is 0 Å². The summed E-state index contributed by atoms with van der Waals surface area (Å²) in [6, 6.07) is 80.1. The molecule has 0 atom stereocenters. The fourth-order valence-corrected chi connectivity index (χ4v) is 10.0. The van der Waals surface area contributed by atoms with Crippen LogP contribution in [0.3, 0.4) is 0 Å².